The zero-order valence-corrected chi connectivity index (χ0v) is 19.4. The van der Waals surface area contributed by atoms with Gasteiger partial charge in [-0.25, -0.2) is 13.1 Å². The van der Waals surface area contributed by atoms with E-state index >= 15 is 0 Å². The molecule has 0 aliphatic rings. The second kappa shape index (κ2) is 11.8. The maximum absolute atomic E-state index is 11.0. The van der Waals surface area contributed by atoms with E-state index in [1.165, 1.54) is 0 Å². The summed E-state index contributed by atoms with van der Waals surface area (Å²) < 4.78 is 25.6. The molecule has 1 unspecified atom stereocenters. The van der Waals surface area contributed by atoms with Gasteiger partial charge in [0.15, 0.2) is 5.96 Å². The lowest BCUT2D eigenvalue weighted by Crippen LogP contribution is -2.39. The van der Waals surface area contributed by atoms with E-state index in [0.29, 0.717) is 32.0 Å². The lowest BCUT2D eigenvalue weighted by Gasteiger charge is -2.12. The average molecular weight is 526 g/mol. The van der Waals surface area contributed by atoms with E-state index in [0.717, 1.165) is 21.2 Å². The smallest absolute Gasteiger partial charge is 0.208 e. The Morgan fingerprint density at radius 3 is 2.67 bits per heavy atom. The summed E-state index contributed by atoms with van der Waals surface area (Å²) in [4.78, 5) is 5.31. The third-order valence-electron chi connectivity index (χ3n) is 3.55. The zero-order chi connectivity index (χ0) is 19.0. The summed E-state index contributed by atoms with van der Waals surface area (Å²) >= 11 is 1.57. The van der Waals surface area contributed by atoms with Crippen LogP contribution >= 0.6 is 35.3 Å². The molecule has 10 heteroatoms. The number of rotatable bonds is 9. The minimum absolute atomic E-state index is 0. The van der Waals surface area contributed by atoms with E-state index < -0.39 is 16.1 Å². The van der Waals surface area contributed by atoms with Crippen LogP contribution < -0.4 is 15.4 Å². The minimum atomic E-state index is -3.15. The van der Waals surface area contributed by atoms with Crippen LogP contribution in [-0.2, 0) is 10.0 Å². The molecule has 0 radical (unpaired) electrons. The van der Waals surface area contributed by atoms with E-state index in [2.05, 4.69) is 20.3 Å². The normalized spacial score (nSPS) is 13.2. The van der Waals surface area contributed by atoms with Crippen molar-refractivity contribution in [1.82, 2.24) is 15.4 Å². The van der Waals surface area contributed by atoms with E-state index in [1.54, 1.807) is 11.3 Å². The Bertz CT molecular complexity index is 807. The molecule has 7 nitrogen and oxygen atoms in total. The summed E-state index contributed by atoms with van der Waals surface area (Å²) in [6.07, 6.45) is 1.12. The van der Waals surface area contributed by atoms with Crippen molar-refractivity contribution in [1.29, 1.82) is 0 Å². The molecule has 1 aromatic carbocycles. The lowest BCUT2D eigenvalue weighted by molar-refractivity contribution is 0.191. The highest BCUT2D eigenvalue weighted by Gasteiger charge is 2.11. The number of thiophene rings is 1. The van der Waals surface area contributed by atoms with Crippen LogP contribution in [0, 0.1) is 0 Å². The highest BCUT2D eigenvalue weighted by Crippen LogP contribution is 2.29. The molecule has 1 atom stereocenters. The zero-order valence-electron chi connectivity index (χ0n) is 15.4. The molecule has 0 spiro atoms. The SMILES string of the molecule is CCNC(=NCC(O)c1cc2ccccc2s1)NCCCNS(C)(=O)=O.I. The van der Waals surface area contributed by atoms with Gasteiger partial charge in [0.1, 0.15) is 6.10 Å². The third kappa shape index (κ3) is 8.73. The molecular weight excluding hydrogens is 499 g/mol. The lowest BCUT2D eigenvalue weighted by atomic mass is 10.2. The van der Waals surface area contributed by atoms with Crippen LogP contribution in [0.5, 0.6) is 0 Å². The van der Waals surface area contributed by atoms with Crippen molar-refractivity contribution in [3.05, 3.63) is 35.2 Å². The molecule has 2 rings (SSSR count). The molecule has 0 saturated heterocycles. The van der Waals surface area contributed by atoms with Gasteiger partial charge in [0.05, 0.1) is 12.8 Å². The average Bonchev–Trinajstić information content (AvgIpc) is 3.02. The first kappa shape index (κ1) is 24.1. The van der Waals surface area contributed by atoms with Crippen LogP contribution in [0.15, 0.2) is 35.3 Å². The number of fused-ring (bicyclic) bond motifs is 1. The summed E-state index contributed by atoms with van der Waals surface area (Å²) in [6.45, 7) is 3.87. The predicted molar refractivity (Wildman–Crippen MR) is 124 cm³/mol. The van der Waals surface area contributed by atoms with E-state index in [9.17, 15) is 13.5 Å². The van der Waals surface area contributed by atoms with Crippen molar-refractivity contribution in [2.75, 3.05) is 32.4 Å². The molecular formula is C17H27IN4O3S2. The summed E-state index contributed by atoms with van der Waals surface area (Å²) in [5.74, 6) is 0.604. The van der Waals surface area contributed by atoms with Crippen molar-refractivity contribution in [3.63, 3.8) is 0 Å². The van der Waals surface area contributed by atoms with E-state index in [4.69, 9.17) is 0 Å². The standard InChI is InChI=1S/C17H26N4O3S2.HI/c1-3-18-17(19-9-6-10-21-26(2,23)24)20-12-14(22)16-11-13-7-4-5-8-15(13)25-16;/h4-5,7-8,11,14,21-22H,3,6,9-10,12H2,1-2H3,(H2,18,19,20);1H. The predicted octanol–water partition coefficient (Wildman–Crippen LogP) is 2.05. The van der Waals surface area contributed by atoms with Gasteiger partial charge in [-0.2, -0.15) is 0 Å². The number of nitrogens with one attached hydrogen (secondary N) is 3. The number of aliphatic imine (C=N–C) groups is 1. The molecule has 1 aromatic heterocycles. The Morgan fingerprint density at radius 2 is 2.00 bits per heavy atom. The van der Waals surface area contributed by atoms with Crippen LogP contribution in [0.2, 0.25) is 0 Å². The van der Waals surface area contributed by atoms with E-state index in [1.807, 2.05) is 37.3 Å². The molecule has 4 N–H and O–H groups in total. The first-order valence-corrected chi connectivity index (χ1v) is 11.2. The number of hydrogen-bond acceptors (Lipinski definition) is 5. The Balaban J connectivity index is 0.00000364. The fraction of sp³-hybridized carbons (Fsp3) is 0.471. The molecule has 0 aliphatic carbocycles. The molecule has 1 heterocycles. The van der Waals surface area contributed by atoms with Gasteiger partial charge in [0.25, 0.3) is 0 Å². The number of sulfonamides is 1. The van der Waals surface area contributed by atoms with Gasteiger partial charge in [-0.1, -0.05) is 18.2 Å². The Kier molecular flexibility index (Phi) is 10.5. The van der Waals surface area contributed by atoms with Gasteiger partial charge in [-0.15, -0.1) is 35.3 Å². The molecule has 0 bridgehead atoms. The summed E-state index contributed by atoms with van der Waals surface area (Å²) in [5, 5.41) is 17.8. The molecule has 0 amide bonds. The van der Waals surface area contributed by atoms with Gasteiger partial charge in [0, 0.05) is 29.2 Å². The number of aliphatic hydroxyl groups is 1. The summed E-state index contributed by atoms with van der Waals surface area (Å²) in [7, 11) is -3.15. The first-order valence-electron chi connectivity index (χ1n) is 8.52. The van der Waals surface area contributed by atoms with Crippen LogP contribution in [0.25, 0.3) is 10.1 Å². The number of hydrogen-bond donors (Lipinski definition) is 4. The topological polar surface area (TPSA) is 103 Å². The number of halogens is 1. The molecule has 0 aliphatic heterocycles. The number of guanidine groups is 1. The van der Waals surface area contributed by atoms with Crippen LogP contribution in [0.4, 0.5) is 0 Å². The van der Waals surface area contributed by atoms with Gasteiger partial charge in [-0.05, 0) is 30.9 Å². The highest BCUT2D eigenvalue weighted by atomic mass is 127. The first-order chi connectivity index (χ1) is 12.4. The van der Waals surface area contributed by atoms with Gasteiger partial charge >= 0.3 is 0 Å². The van der Waals surface area contributed by atoms with Crippen LogP contribution in [0.3, 0.4) is 0 Å². The molecule has 0 saturated carbocycles. The van der Waals surface area contributed by atoms with Gasteiger partial charge < -0.3 is 15.7 Å². The van der Waals surface area contributed by atoms with Crippen molar-refractivity contribution >= 4 is 61.4 Å². The maximum atomic E-state index is 11.0. The quantitative estimate of drug-likeness (QED) is 0.173. The van der Waals surface area contributed by atoms with Crippen molar-refractivity contribution in [2.24, 2.45) is 4.99 Å². The van der Waals surface area contributed by atoms with Crippen molar-refractivity contribution in [2.45, 2.75) is 19.4 Å². The third-order valence-corrected chi connectivity index (χ3v) is 5.50. The second-order valence-corrected chi connectivity index (χ2v) is 8.82. The van der Waals surface area contributed by atoms with Crippen molar-refractivity contribution in [3.8, 4) is 0 Å². The van der Waals surface area contributed by atoms with Crippen molar-refractivity contribution < 1.29 is 13.5 Å². The fourth-order valence-electron chi connectivity index (χ4n) is 2.33. The molecule has 27 heavy (non-hydrogen) atoms. The number of nitrogens with zero attached hydrogens (tertiary/aromatic N) is 1. The molecule has 0 fully saturated rings. The minimum Gasteiger partial charge on any atom is -0.386 e. The molecule has 2 aromatic rings. The largest absolute Gasteiger partial charge is 0.386 e. The Hall–Kier alpha value is -0.950. The second-order valence-electron chi connectivity index (χ2n) is 5.87. The highest BCUT2D eigenvalue weighted by molar-refractivity contribution is 14.0. The van der Waals surface area contributed by atoms with Gasteiger partial charge in [-0.3, -0.25) is 4.99 Å². The number of benzene rings is 1. The fourth-order valence-corrected chi connectivity index (χ4v) is 3.89. The maximum Gasteiger partial charge on any atom is 0.208 e. The Labute approximate surface area is 181 Å². The van der Waals surface area contributed by atoms with E-state index in [-0.39, 0.29) is 30.5 Å². The monoisotopic (exact) mass is 526 g/mol. The Morgan fingerprint density at radius 1 is 1.26 bits per heavy atom. The number of aliphatic hydroxyl groups excluding tert-OH is 1. The van der Waals surface area contributed by atoms with Gasteiger partial charge in [0.2, 0.25) is 10.0 Å². The molecule has 152 valence electrons. The summed E-state index contributed by atoms with van der Waals surface area (Å²) in [6, 6.07) is 10.0. The van der Waals surface area contributed by atoms with Crippen LogP contribution in [-0.4, -0.2) is 51.9 Å². The summed E-state index contributed by atoms with van der Waals surface area (Å²) in [5.41, 5.74) is 0. The van der Waals surface area contributed by atoms with Crippen LogP contribution in [0.1, 0.15) is 24.3 Å².